The first-order valence-electron chi connectivity index (χ1n) is 5.55. The second kappa shape index (κ2) is 4.16. The van der Waals surface area contributed by atoms with Crippen molar-refractivity contribution in [2.45, 2.75) is 0 Å². The van der Waals surface area contributed by atoms with Crippen LogP contribution in [0.5, 0.6) is 0 Å². The molecule has 0 aliphatic heterocycles. The van der Waals surface area contributed by atoms with Crippen LogP contribution in [0.1, 0.15) is 0 Å². The van der Waals surface area contributed by atoms with Crippen LogP contribution in [-0.4, -0.2) is 24.9 Å². The lowest BCUT2D eigenvalue weighted by Crippen LogP contribution is -2.10. The third-order valence-corrected chi connectivity index (χ3v) is 2.73. The lowest BCUT2D eigenvalue weighted by molar-refractivity contribution is -0.384. The van der Waals surface area contributed by atoms with Crippen LogP contribution >= 0.6 is 0 Å². The number of aromatic nitrogens is 4. The topological polar surface area (TPSA) is 144 Å². The fourth-order valence-corrected chi connectivity index (χ4v) is 1.80. The van der Waals surface area contributed by atoms with E-state index in [0.29, 0.717) is 11.4 Å². The van der Waals surface area contributed by atoms with Gasteiger partial charge in [0.05, 0.1) is 4.92 Å². The molecule has 3 rings (SSSR count). The number of hydrogen-bond donors (Lipinski definition) is 3. The maximum Gasteiger partial charge on any atom is 0.278 e. The number of imidazole rings is 1. The third-order valence-electron chi connectivity index (χ3n) is 2.73. The van der Waals surface area contributed by atoms with Crippen molar-refractivity contribution < 1.29 is 4.92 Å². The van der Waals surface area contributed by atoms with Crippen molar-refractivity contribution in [1.82, 2.24) is 19.9 Å². The summed E-state index contributed by atoms with van der Waals surface area (Å²) in [6, 6.07) is 5.78. The van der Waals surface area contributed by atoms with Gasteiger partial charge in [0.15, 0.2) is 11.2 Å². The minimum atomic E-state index is -0.491. The van der Waals surface area contributed by atoms with Gasteiger partial charge < -0.3 is 10.7 Å². The van der Waals surface area contributed by atoms with Gasteiger partial charge in [-0.15, -0.1) is 0 Å². The number of benzene rings is 1. The first-order chi connectivity index (χ1) is 9.54. The number of fused-ring (bicyclic) bond motifs is 1. The summed E-state index contributed by atoms with van der Waals surface area (Å²) in [6.45, 7) is 0. The smallest absolute Gasteiger partial charge is 0.278 e. The van der Waals surface area contributed by atoms with Gasteiger partial charge in [-0.3, -0.25) is 19.9 Å². The Balaban J connectivity index is 2.12. The second-order valence-electron chi connectivity index (χ2n) is 4.04. The monoisotopic (exact) mass is 272 g/mol. The highest BCUT2D eigenvalue weighted by molar-refractivity contribution is 5.75. The van der Waals surface area contributed by atoms with Gasteiger partial charge in [0.1, 0.15) is 5.82 Å². The number of anilines is 1. The molecule has 0 atom stereocenters. The molecule has 20 heavy (non-hydrogen) atoms. The number of rotatable bonds is 2. The Hall–Kier alpha value is -3.23. The highest BCUT2D eigenvalue weighted by Crippen LogP contribution is 2.21. The number of hydrogen-bond acceptors (Lipinski definition) is 6. The molecule has 4 N–H and O–H groups in total. The average molecular weight is 272 g/mol. The van der Waals surface area contributed by atoms with Crippen molar-refractivity contribution in [3.05, 3.63) is 44.7 Å². The number of nitro groups is 1. The normalized spacial score (nSPS) is 10.8. The SMILES string of the molecule is Nc1nc2nc(-c3ccc([N+](=O)[O-])cc3)[nH]c2c(=O)[nH]1. The van der Waals surface area contributed by atoms with E-state index in [1.807, 2.05) is 0 Å². The van der Waals surface area contributed by atoms with Crippen LogP contribution in [0, 0.1) is 10.1 Å². The summed E-state index contributed by atoms with van der Waals surface area (Å²) in [5, 5.41) is 10.6. The Labute approximate surface area is 110 Å². The predicted molar refractivity (Wildman–Crippen MR) is 71.0 cm³/mol. The average Bonchev–Trinajstić information content (AvgIpc) is 2.83. The maximum absolute atomic E-state index is 11.7. The van der Waals surface area contributed by atoms with Crippen molar-refractivity contribution >= 4 is 22.8 Å². The highest BCUT2D eigenvalue weighted by Gasteiger charge is 2.11. The number of nitro benzene ring substituents is 1. The lowest BCUT2D eigenvalue weighted by Gasteiger charge is -1.95. The molecule has 0 saturated carbocycles. The fourth-order valence-electron chi connectivity index (χ4n) is 1.80. The van der Waals surface area contributed by atoms with E-state index < -0.39 is 10.5 Å². The molecule has 0 spiro atoms. The van der Waals surface area contributed by atoms with E-state index in [2.05, 4.69) is 19.9 Å². The molecule has 0 amide bonds. The quantitative estimate of drug-likeness (QED) is 0.465. The largest absolute Gasteiger partial charge is 0.369 e. The Morgan fingerprint density at radius 1 is 1.15 bits per heavy atom. The molecular weight excluding hydrogens is 264 g/mol. The van der Waals surface area contributed by atoms with Crippen LogP contribution in [0.15, 0.2) is 29.1 Å². The maximum atomic E-state index is 11.7. The Morgan fingerprint density at radius 3 is 2.50 bits per heavy atom. The predicted octanol–water partition coefficient (Wildman–Crippen LogP) is 0.804. The number of aromatic amines is 2. The lowest BCUT2D eigenvalue weighted by atomic mass is 10.2. The van der Waals surface area contributed by atoms with Gasteiger partial charge in [0.25, 0.3) is 11.2 Å². The molecule has 2 heterocycles. The van der Waals surface area contributed by atoms with Crippen molar-refractivity contribution in [1.29, 1.82) is 0 Å². The number of non-ortho nitro benzene ring substituents is 1. The molecule has 0 unspecified atom stereocenters. The summed E-state index contributed by atoms with van der Waals surface area (Å²) in [7, 11) is 0. The third kappa shape index (κ3) is 1.86. The number of nitrogens with one attached hydrogen (secondary N) is 2. The summed E-state index contributed by atoms with van der Waals surface area (Å²) in [4.78, 5) is 35.0. The molecule has 0 aliphatic carbocycles. The van der Waals surface area contributed by atoms with E-state index in [9.17, 15) is 14.9 Å². The zero-order valence-electron chi connectivity index (χ0n) is 9.95. The van der Waals surface area contributed by atoms with E-state index in [1.165, 1.54) is 24.3 Å². The van der Waals surface area contributed by atoms with Gasteiger partial charge in [0.2, 0.25) is 5.95 Å². The molecular formula is C11H8N6O3. The first-order valence-corrected chi connectivity index (χ1v) is 5.55. The molecule has 9 heteroatoms. The summed E-state index contributed by atoms with van der Waals surface area (Å²) < 4.78 is 0. The highest BCUT2D eigenvalue weighted by atomic mass is 16.6. The van der Waals surface area contributed by atoms with E-state index in [1.54, 1.807) is 0 Å². The van der Waals surface area contributed by atoms with Crippen molar-refractivity contribution in [3.63, 3.8) is 0 Å². The van der Waals surface area contributed by atoms with Crippen molar-refractivity contribution in [2.24, 2.45) is 0 Å². The number of nitrogens with two attached hydrogens (primary N) is 1. The van der Waals surface area contributed by atoms with E-state index in [-0.39, 0.29) is 22.8 Å². The summed E-state index contributed by atoms with van der Waals surface area (Å²) >= 11 is 0. The van der Waals surface area contributed by atoms with Crippen LogP contribution in [0.2, 0.25) is 0 Å². The van der Waals surface area contributed by atoms with E-state index >= 15 is 0 Å². The van der Waals surface area contributed by atoms with Crippen LogP contribution < -0.4 is 11.3 Å². The molecule has 0 saturated heterocycles. The Bertz CT molecular complexity index is 864. The molecule has 0 bridgehead atoms. The number of nitrogens with zero attached hydrogens (tertiary/aromatic N) is 3. The van der Waals surface area contributed by atoms with Crippen molar-refractivity contribution in [3.8, 4) is 11.4 Å². The van der Waals surface area contributed by atoms with Crippen LogP contribution in [0.4, 0.5) is 11.6 Å². The van der Waals surface area contributed by atoms with Crippen LogP contribution in [0.3, 0.4) is 0 Å². The molecule has 9 nitrogen and oxygen atoms in total. The first kappa shape index (κ1) is 11.8. The Morgan fingerprint density at radius 2 is 1.85 bits per heavy atom. The second-order valence-corrected chi connectivity index (χ2v) is 4.04. The molecule has 0 aliphatic rings. The zero-order chi connectivity index (χ0) is 14.3. The Kier molecular flexibility index (Phi) is 2.46. The molecule has 0 radical (unpaired) electrons. The molecule has 2 aromatic heterocycles. The molecule has 100 valence electrons. The summed E-state index contributed by atoms with van der Waals surface area (Å²) in [5.74, 6) is 0.364. The molecule has 1 aromatic carbocycles. The van der Waals surface area contributed by atoms with Gasteiger partial charge in [-0.2, -0.15) is 4.98 Å². The van der Waals surface area contributed by atoms with Crippen molar-refractivity contribution in [2.75, 3.05) is 5.73 Å². The molecule has 0 fully saturated rings. The number of nitrogen functional groups attached to an aromatic ring is 1. The standard InChI is InChI=1S/C11H8N6O3/c12-11-15-9-7(10(18)16-11)13-8(14-9)5-1-3-6(4-2-5)17(19)20/h1-4H,(H4,12,13,14,15,16,18). The van der Waals surface area contributed by atoms with Gasteiger partial charge >= 0.3 is 0 Å². The van der Waals surface area contributed by atoms with Crippen LogP contribution in [-0.2, 0) is 0 Å². The number of H-pyrrole nitrogens is 2. The van der Waals surface area contributed by atoms with E-state index in [0.717, 1.165) is 0 Å². The summed E-state index contributed by atoms with van der Waals surface area (Å²) in [6.07, 6.45) is 0. The summed E-state index contributed by atoms with van der Waals surface area (Å²) in [5.41, 5.74) is 5.98. The van der Waals surface area contributed by atoms with Gasteiger partial charge in [-0.25, -0.2) is 4.98 Å². The minimum absolute atomic E-state index is 0.0231. The van der Waals surface area contributed by atoms with Gasteiger partial charge in [-0.1, -0.05) is 0 Å². The van der Waals surface area contributed by atoms with Gasteiger partial charge in [-0.05, 0) is 12.1 Å². The van der Waals surface area contributed by atoms with Crippen LogP contribution in [0.25, 0.3) is 22.6 Å². The minimum Gasteiger partial charge on any atom is -0.369 e. The van der Waals surface area contributed by atoms with E-state index in [4.69, 9.17) is 5.73 Å². The fraction of sp³-hybridized carbons (Fsp3) is 0. The molecule has 3 aromatic rings. The zero-order valence-corrected chi connectivity index (χ0v) is 9.95. The van der Waals surface area contributed by atoms with Gasteiger partial charge in [0, 0.05) is 17.7 Å².